The Morgan fingerprint density at radius 3 is 2.26 bits per heavy atom. The van der Waals surface area contributed by atoms with Crippen LogP contribution in [0.4, 0.5) is 26.3 Å². The van der Waals surface area contributed by atoms with Crippen LogP contribution in [0.1, 0.15) is 6.92 Å². The first-order valence-electron chi connectivity index (χ1n) is 10.8. The lowest BCUT2D eigenvalue weighted by Gasteiger charge is -2.19. The predicted octanol–water partition coefficient (Wildman–Crippen LogP) is 4.96. The molecule has 0 aliphatic carbocycles. The van der Waals surface area contributed by atoms with Gasteiger partial charge in [-0.05, 0) is 42.0 Å². The summed E-state index contributed by atoms with van der Waals surface area (Å²) in [6.45, 7) is -0.632. The van der Waals surface area contributed by atoms with E-state index in [1.165, 1.54) is 55.7 Å². The molecule has 200 valence electrons. The first-order valence-corrected chi connectivity index (χ1v) is 12.5. The number of fused-ring (bicyclic) bond motifs is 1. The average molecular weight is 557 g/mol. The average Bonchev–Trinajstić information content (AvgIpc) is 2.87. The molecule has 38 heavy (non-hydrogen) atoms. The number of rotatable bonds is 7. The Balaban J connectivity index is 1.81. The highest BCUT2D eigenvalue weighted by molar-refractivity contribution is 7.91. The minimum absolute atomic E-state index is 0.184. The van der Waals surface area contributed by atoms with E-state index in [2.05, 4.69) is 14.8 Å². The van der Waals surface area contributed by atoms with Gasteiger partial charge in [-0.15, -0.1) is 0 Å². The van der Waals surface area contributed by atoms with Gasteiger partial charge in [0.1, 0.15) is 16.5 Å². The van der Waals surface area contributed by atoms with E-state index >= 15 is 0 Å². The van der Waals surface area contributed by atoms with Crippen molar-refractivity contribution in [3.63, 3.8) is 0 Å². The van der Waals surface area contributed by atoms with Gasteiger partial charge in [0.15, 0.2) is 22.3 Å². The van der Waals surface area contributed by atoms with E-state index < -0.39 is 45.7 Å². The molecule has 4 aromatic rings. The third-order valence-corrected chi connectivity index (χ3v) is 7.25. The summed E-state index contributed by atoms with van der Waals surface area (Å²) in [6.07, 6.45) is -3.40. The van der Waals surface area contributed by atoms with Crippen LogP contribution in [0.25, 0.3) is 27.7 Å². The molecule has 0 amide bonds. The zero-order valence-corrected chi connectivity index (χ0v) is 20.2. The molecule has 0 bridgehead atoms. The van der Waals surface area contributed by atoms with Gasteiger partial charge >= 0.3 is 12.1 Å². The van der Waals surface area contributed by atoms with Crippen molar-refractivity contribution in [1.82, 2.24) is 14.8 Å². The van der Waals surface area contributed by atoms with Crippen LogP contribution < -0.4 is 10.3 Å². The Morgan fingerprint density at radius 2 is 1.63 bits per heavy atom. The zero-order valence-electron chi connectivity index (χ0n) is 19.3. The molecule has 0 saturated carbocycles. The summed E-state index contributed by atoms with van der Waals surface area (Å²) in [4.78, 5) is 17.0. The standard InChI is InChI=1S/C24H17F6N3O4S/c1-2-38(35,36)20-9-16(14-3-6-17(25)7-4-14)11-31-21(20)33-22(34)19-10-18(8-5-15(19)12-32-33)37-13-23(26,27)24(28,29)30/h3-12H,2,13H2,1H3. The van der Waals surface area contributed by atoms with Crippen molar-refractivity contribution < 1.29 is 39.5 Å². The molecule has 4 rings (SSSR count). The second-order valence-electron chi connectivity index (χ2n) is 8.06. The second-order valence-corrected chi connectivity index (χ2v) is 10.3. The number of halogens is 6. The van der Waals surface area contributed by atoms with Gasteiger partial charge in [-0.1, -0.05) is 19.1 Å². The van der Waals surface area contributed by atoms with Gasteiger partial charge in [-0.25, -0.2) is 17.8 Å². The molecule has 2 heterocycles. The molecular formula is C24H17F6N3O4S. The smallest absolute Gasteiger partial charge is 0.456 e. The van der Waals surface area contributed by atoms with E-state index in [1.54, 1.807) is 0 Å². The number of sulfone groups is 1. The van der Waals surface area contributed by atoms with Crippen molar-refractivity contribution in [2.45, 2.75) is 23.9 Å². The summed E-state index contributed by atoms with van der Waals surface area (Å²) in [5.74, 6) is -6.79. The minimum Gasteiger partial charge on any atom is -0.487 e. The molecule has 0 spiro atoms. The largest absolute Gasteiger partial charge is 0.487 e. The molecule has 0 saturated heterocycles. The van der Waals surface area contributed by atoms with E-state index in [1.807, 2.05) is 0 Å². The van der Waals surface area contributed by atoms with Crippen LogP contribution in [0.5, 0.6) is 5.75 Å². The van der Waals surface area contributed by atoms with Crippen molar-refractivity contribution in [3.8, 4) is 22.7 Å². The van der Waals surface area contributed by atoms with Gasteiger partial charge < -0.3 is 4.74 Å². The maximum Gasteiger partial charge on any atom is 0.456 e. The summed E-state index contributed by atoms with van der Waals surface area (Å²) in [5, 5.41) is 3.95. The van der Waals surface area contributed by atoms with Crippen LogP contribution in [-0.2, 0) is 9.84 Å². The molecule has 0 fully saturated rings. The predicted molar refractivity (Wildman–Crippen MR) is 125 cm³/mol. The van der Waals surface area contributed by atoms with Crippen LogP contribution in [0.2, 0.25) is 0 Å². The topological polar surface area (TPSA) is 91.2 Å². The van der Waals surface area contributed by atoms with Crippen LogP contribution in [0.15, 0.2) is 70.6 Å². The third-order valence-electron chi connectivity index (χ3n) is 5.52. The number of hydrogen-bond donors (Lipinski definition) is 0. The Bertz CT molecular complexity index is 1670. The first-order chi connectivity index (χ1) is 17.7. The van der Waals surface area contributed by atoms with Crippen molar-refractivity contribution in [3.05, 3.63) is 77.1 Å². The maximum atomic E-state index is 13.3. The fourth-order valence-electron chi connectivity index (χ4n) is 3.40. The molecule has 0 radical (unpaired) electrons. The lowest BCUT2D eigenvalue weighted by molar-refractivity contribution is -0.290. The molecule has 2 aromatic heterocycles. The Morgan fingerprint density at radius 1 is 0.947 bits per heavy atom. The second kappa shape index (κ2) is 9.74. The molecule has 0 atom stereocenters. The molecule has 0 aliphatic heterocycles. The van der Waals surface area contributed by atoms with E-state index in [4.69, 9.17) is 0 Å². The lowest BCUT2D eigenvalue weighted by Crippen LogP contribution is -2.41. The number of nitrogens with zero attached hydrogens (tertiary/aromatic N) is 3. The fourth-order valence-corrected chi connectivity index (χ4v) is 4.43. The quantitative estimate of drug-likeness (QED) is 0.299. The van der Waals surface area contributed by atoms with Crippen LogP contribution in [-0.4, -0.2) is 47.6 Å². The number of benzene rings is 2. The SMILES string of the molecule is CCS(=O)(=O)c1cc(-c2ccc(F)cc2)cnc1-n1ncc2ccc(OCC(F)(F)C(F)(F)F)cc2c1=O. The Kier molecular flexibility index (Phi) is 6.95. The molecular weight excluding hydrogens is 540 g/mol. The molecule has 7 nitrogen and oxygen atoms in total. The third kappa shape index (κ3) is 5.21. The van der Waals surface area contributed by atoms with E-state index in [0.717, 1.165) is 12.1 Å². The lowest BCUT2D eigenvalue weighted by atomic mass is 10.1. The number of hydrogen-bond acceptors (Lipinski definition) is 6. The van der Waals surface area contributed by atoms with Gasteiger partial charge in [0.05, 0.1) is 17.3 Å². The molecule has 0 aliphatic rings. The monoisotopic (exact) mass is 557 g/mol. The summed E-state index contributed by atoms with van der Waals surface area (Å²) in [6, 6.07) is 9.70. The van der Waals surface area contributed by atoms with Gasteiger partial charge in [-0.3, -0.25) is 4.79 Å². The summed E-state index contributed by atoms with van der Waals surface area (Å²) in [5.41, 5.74) is -0.157. The number of alkyl halides is 5. The summed E-state index contributed by atoms with van der Waals surface area (Å²) < 4.78 is 108. The normalized spacial score (nSPS) is 12.6. The van der Waals surface area contributed by atoms with E-state index in [0.29, 0.717) is 15.8 Å². The van der Waals surface area contributed by atoms with Gasteiger partial charge in [-0.2, -0.15) is 31.7 Å². The molecule has 0 N–H and O–H groups in total. The number of aromatic nitrogens is 3. The van der Waals surface area contributed by atoms with Gasteiger partial charge in [0, 0.05) is 17.1 Å². The highest BCUT2D eigenvalue weighted by Crippen LogP contribution is 2.36. The summed E-state index contributed by atoms with van der Waals surface area (Å²) in [7, 11) is -3.98. The summed E-state index contributed by atoms with van der Waals surface area (Å²) >= 11 is 0. The van der Waals surface area contributed by atoms with Crippen LogP contribution in [0, 0.1) is 5.82 Å². The van der Waals surface area contributed by atoms with Crippen LogP contribution >= 0.6 is 0 Å². The highest BCUT2D eigenvalue weighted by Gasteiger charge is 2.58. The number of pyridine rings is 1. The zero-order chi connectivity index (χ0) is 27.9. The minimum atomic E-state index is -5.83. The van der Waals surface area contributed by atoms with Crippen LogP contribution in [0.3, 0.4) is 0 Å². The molecule has 14 heteroatoms. The van der Waals surface area contributed by atoms with Crippen molar-refractivity contribution in [2.75, 3.05) is 12.4 Å². The molecule has 0 unspecified atom stereocenters. The van der Waals surface area contributed by atoms with Gasteiger partial charge in [0.2, 0.25) is 0 Å². The van der Waals surface area contributed by atoms with Gasteiger partial charge in [0.25, 0.3) is 5.56 Å². The molecule has 2 aromatic carbocycles. The Hall–Kier alpha value is -3.94. The van der Waals surface area contributed by atoms with E-state index in [-0.39, 0.29) is 27.2 Å². The van der Waals surface area contributed by atoms with Crippen molar-refractivity contribution in [1.29, 1.82) is 0 Å². The Labute approximate surface area is 211 Å². The highest BCUT2D eigenvalue weighted by atomic mass is 32.2. The van der Waals surface area contributed by atoms with Crippen molar-refractivity contribution >= 4 is 20.6 Å². The van der Waals surface area contributed by atoms with E-state index in [9.17, 15) is 39.6 Å². The van der Waals surface area contributed by atoms with Crippen molar-refractivity contribution in [2.24, 2.45) is 0 Å². The maximum absolute atomic E-state index is 13.3. The first kappa shape index (κ1) is 27.1. The fraction of sp³-hybridized carbons (Fsp3) is 0.208. The number of ether oxygens (including phenoxy) is 1.